The molecule has 9 heteroatoms. The summed E-state index contributed by atoms with van der Waals surface area (Å²) in [5.74, 6) is 0. The zero-order chi connectivity index (χ0) is 18.4. The number of nitrogens with one attached hydrogen (secondary N) is 3. The van der Waals surface area contributed by atoms with Crippen LogP contribution >= 0.6 is 11.3 Å². The van der Waals surface area contributed by atoms with Crippen LogP contribution in [0.1, 0.15) is 5.56 Å². The van der Waals surface area contributed by atoms with E-state index in [1.165, 1.54) is 6.07 Å². The third-order valence-corrected chi connectivity index (χ3v) is 6.11. The molecule has 0 radical (unpaired) electrons. The fraction of sp³-hybridized carbons (Fsp3) is 0.0588. The molecule has 0 bridgehead atoms. The molecule has 3 N–H and O–H groups in total. The number of rotatable bonds is 6. The summed E-state index contributed by atoms with van der Waals surface area (Å²) in [6, 6.07) is 12.9. The molecule has 7 nitrogen and oxygen atoms in total. The van der Waals surface area contributed by atoms with Crippen molar-refractivity contribution in [3.63, 3.8) is 0 Å². The quantitative estimate of drug-likeness (QED) is 0.603. The Morgan fingerprint density at radius 3 is 2.46 bits per heavy atom. The van der Waals surface area contributed by atoms with Crippen LogP contribution in [0.15, 0.2) is 70.5 Å². The Labute approximate surface area is 155 Å². The van der Waals surface area contributed by atoms with Crippen molar-refractivity contribution in [1.29, 1.82) is 0 Å². The normalized spacial score (nSPS) is 10.9. The van der Waals surface area contributed by atoms with Gasteiger partial charge in [0, 0.05) is 30.3 Å². The molecule has 0 unspecified atom stereocenters. The first-order chi connectivity index (χ1) is 12.5. The molecule has 1 aromatic carbocycles. The van der Waals surface area contributed by atoms with Crippen LogP contribution in [0.4, 0.5) is 16.2 Å². The molecule has 26 heavy (non-hydrogen) atoms. The minimum absolute atomic E-state index is 0.245. The molecule has 3 aromatic rings. The Balaban J connectivity index is 1.55. The number of thiophene rings is 1. The minimum Gasteiger partial charge on any atom is -0.334 e. The summed E-state index contributed by atoms with van der Waals surface area (Å²) in [6.07, 6.45) is 3.34. The van der Waals surface area contributed by atoms with Crippen LogP contribution in [-0.2, 0) is 16.6 Å². The summed E-state index contributed by atoms with van der Waals surface area (Å²) in [5, 5.41) is 7.10. The number of carbonyl (C=O) groups excluding carboxylic acids is 1. The van der Waals surface area contributed by atoms with Crippen LogP contribution < -0.4 is 15.4 Å². The van der Waals surface area contributed by atoms with Gasteiger partial charge in [-0.15, -0.1) is 11.3 Å². The maximum absolute atomic E-state index is 12.2. The number of pyridine rings is 1. The Morgan fingerprint density at radius 2 is 1.81 bits per heavy atom. The second kappa shape index (κ2) is 7.98. The van der Waals surface area contributed by atoms with Gasteiger partial charge in [0.1, 0.15) is 4.21 Å². The van der Waals surface area contributed by atoms with Crippen molar-refractivity contribution in [3.05, 3.63) is 71.9 Å². The lowest BCUT2D eigenvalue weighted by Crippen LogP contribution is -2.28. The van der Waals surface area contributed by atoms with Gasteiger partial charge in [0.2, 0.25) is 0 Å². The highest BCUT2D eigenvalue weighted by Gasteiger charge is 2.14. The standard InChI is InChI=1S/C17H16N4O3S2/c22-17(19-12-13-3-1-9-18-11-13)20-14-5-7-15(8-6-14)21-26(23,24)16-4-2-10-25-16/h1-11,21H,12H2,(H2,19,20,22). The fourth-order valence-electron chi connectivity index (χ4n) is 2.10. The number of aromatic nitrogens is 1. The molecule has 2 aromatic heterocycles. The zero-order valence-corrected chi connectivity index (χ0v) is 15.2. The Morgan fingerprint density at radius 1 is 1.04 bits per heavy atom. The van der Waals surface area contributed by atoms with Gasteiger partial charge in [0.05, 0.1) is 0 Å². The van der Waals surface area contributed by atoms with E-state index in [9.17, 15) is 13.2 Å². The average Bonchev–Trinajstić information content (AvgIpc) is 3.18. The first-order valence-corrected chi connectivity index (χ1v) is 9.99. The van der Waals surface area contributed by atoms with Crippen LogP contribution in [0.25, 0.3) is 0 Å². The van der Waals surface area contributed by atoms with Gasteiger partial charge in [-0.25, -0.2) is 13.2 Å². The lowest BCUT2D eigenvalue weighted by atomic mass is 10.3. The number of sulfonamides is 1. The van der Waals surface area contributed by atoms with Crippen molar-refractivity contribution < 1.29 is 13.2 Å². The first kappa shape index (κ1) is 17.9. The van der Waals surface area contributed by atoms with Crippen LogP contribution in [0.2, 0.25) is 0 Å². The van der Waals surface area contributed by atoms with Gasteiger partial charge >= 0.3 is 6.03 Å². The smallest absolute Gasteiger partial charge is 0.319 e. The molecule has 0 aliphatic heterocycles. The number of anilines is 2. The Kier molecular flexibility index (Phi) is 5.49. The van der Waals surface area contributed by atoms with Gasteiger partial charge in [-0.1, -0.05) is 12.1 Å². The van der Waals surface area contributed by atoms with Gasteiger partial charge in [0.25, 0.3) is 10.0 Å². The Bertz CT molecular complexity index is 957. The largest absolute Gasteiger partial charge is 0.334 e. The van der Waals surface area contributed by atoms with E-state index in [0.29, 0.717) is 17.9 Å². The molecular weight excluding hydrogens is 372 g/mol. The van der Waals surface area contributed by atoms with Crippen molar-refractivity contribution in [3.8, 4) is 0 Å². The molecule has 2 heterocycles. The van der Waals surface area contributed by atoms with E-state index in [-0.39, 0.29) is 10.2 Å². The molecule has 2 amide bonds. The number of amides is 2. The lowest BCUT2D eigenvalue weighted by Gasteiger charge is -2.09. The molecule has 0 aliphatic carbocycles. The highest BCUT2D eigenvalue weighted by atomic mass is 32.2. The maximum Gasteiger partial charge on any atom is 0.319 e. The highest BCUT2D eigenvalue weighted by Crippen LogP contribution is 2.21. The van der Waals surface area contributed by atoms with Crippen LogP contribution in [0.5, 0.6) is 0 Å². The summed E-state index contributed by atoms with van der Waals surface area (Å²) < 4.78 is 27.1. The maximum atomic E-state index is 12.2. The molecule has 134 valence electrons. The summed E-state index contributed by atoms with van der Waals surface area (Å²) in [6.45, 7) is 0.359. The SMILES string of the molecule is O=C(NCc1cccnc1)Nc1ccc(NS(=O)(=O)c2cccs2)cc1. The minimum atomic E-state index is -3.58. The van der Waals surface area contributed by atoms with E-state index < -0.39 is 10.0 Å². The molecule has 0 aliphatic rings. The molecule has 0 spiro atoms. The second-order valence-electron chi connectivity index (χ2n) is 5.28. The van der Waals surface area contributed by atoms with Crippen LogP contribution in [-0.4, -0.2) is 19.4 Å². The van der Waals surface area contributed by atoms with Crippen LogP contribution in [0, 0.1) is 0 Å². The topological polar surface area (TPSA) is 100 Å². The summed E-state index contributed by atoms with van der Waals surface area (Å²) in [7, 11) is -3.58. The number of hydrogen-bond donors (Lipinski definition) is 3. The van der Waals surface area contributed by atoms with E-state index in [2.05, 4.69) is 20.3 Å². The summed E-state index contributed by atoms with van der Waals surface area (Å²) in [5.41, 5.74) is 1.86. The third kappa shape index (κ3) is 4.80. The molecule has 0 saturated heterocycles. The number of hydrogen-bond acceptors (Lipinski definition) is 5. The molecular formula is C17H16N4O3S2. The first-order valence-electron chi connectivity index (χ1n) is 7.63. The monoisotopic (exact) mass is 388 g/mol. The van der Waals surface area contributed by atoms with Crippen molar-refractivity contribution in [2.45, 2.75) is 10.8 Å². The number of urea groups is 1. The van der Waals surface area contributed by atoms with Crippen LogP contribution in [0.3, 0.4) is 0 Å². The average molecular weight is 388 g/mol. The van der Waals surface area contributed by atoms with Gasteiger partial charge < -0.3 is 10.6 Å². The third-order valence-electron chi connectivity index (χ3n) is 3.33. The molecule has 3 rings (SSSR count). The van der Waals surface area contributed by atoms with Gasteiger partial charge in [-0.2, -0.15) is 0 Å². The predicted octanol–water partition coefficient (Wildman–Crippen LogP) is 3.27. The van der Waals surface area contributed by atoms with E-state index in [0.717, 1.165) is 16.9 Å². The number of nitrogens with zero attached hydrogens (tertiary/aromatic N) is 1. The summed E-state index contributed by atoms with van der Waals surface area (Å²) in [4.78, 5) is 15.9. The fourth-order valence-corrected chi connectivity index (χ4v) is 4.16. The second-order valence-corrected chi connectivity index (χ2v) is 8.14. The van der Waals surface area contributed by atoms with Crippen molar-refractivity contribution in [2.75, 3.05) is 10.0 Å². The van der Waals surface area contributed by atoms with Crippen molar-refractivity contribution >= 4 is 38.8 Å². The predicted molar refractivity (Wildman–Crippen MR) is 102 cm³/mol. The van der Waals surface area contributed by atoms with Gasteiger partial charge in [0.15, 0.2) is 0 Å². The molecule has 0 fully saturated rings. The zero-order valence-electron chi connectivity index (χ0n) is 13.5. The molecule has 0 saturated carbocycles. The van der Waals surface area contributed by atoms with Crippen molar-refractivity contribution in [2.24, 2.45) is 0 Å². The summed E-state index contributed by atoms with van der Waals surface area (Å²) >= 11 is 1.14. The van der Waals surface area contributed by atoms with Gasteiger partial charge in [-0.05, 0) is 47.3 Å². The number of carbonyl (C=O) groups is 1. The Hall–Kier alpha value is -2.91. The lowest BCUT2D eigenvalue weighted by molar-refractivity contribution is 0.251. The van der Waals surface area contributed by atoms with Gasteiger partial charge in [-0.3, -0.25) is 9.71 Å². The van der Waals surface area contributed by atoms with E-state index in [1.807, 2.05) is 6.07 Å². The van der Waals surface area contributed by atoms with E-state index in [1.54, 1.807) is 54.2 Å². The van der Waals surface area contributed by atoms with E-state index >= 15 is 0 Å². The molecule has 0 atom stereocenters. The van der Waals surface area contributed by atoms with E-state index in [4.69, 9.17) is 0 Å². The number of benzene rings is 1. The van der Waals surface area contributed by atoms with Crippen molar-refractivity contribution in [1.82, 2.24) is 10.3 Å². The highest BCUT2D eigenvalue weighted by molar-refractivity contribution is 7.94.